The highest BCUT2D eigenvalue weighted by Gasteiger charge is 2.28. The topological polar surface area (TPSA) is 40.5 Å². The Morgan fingerprint density at radius 1 is 1.53 bits per heavy atom. The van der Waals surface area contributed by atoms with Crippen molar-refractivity contribution in [3.8, 4) is 0 Å². The highest BCUT2D eigenvalue weighted by atomic mass is 16.4. The monoisotopic (exact) mass is 233 g/mol. The average Bonchev–Trinajstić information content (AvgIpc) is 2.68. The van der Waals surface area contributed by atoms with Crippen molar-refractivity contribution in [1.82, 2.24) is 4.90 Å². The minimum absolute atomic E-state index is 0.133. The van der Waals surface area contributed by atoms with Crippen LogP contribution in [0, 0.1) is 6.92 Å². The summed E-state index contributed by atoms with van der Waals surface area (Å²) >= 11 is 0. The Kier molecular flexibility index (Phi) is 3.48. The number of fused-ring (bicyclic) bond motifs is 1. The maximum atomic E-state index is 10.9. The summed E-state index contributed by atoms with van der Waals surface area (Å²) in [6, 6.07) is 6.80. The Bertz CT molecular complexity index is 428. The molecular formula is C14H19NO2. The summed E-state index contributed by atoms with van der Waals surface area (Å²) in [4.78, 5) is 12.9. The zero-order chi connectivity index (χ0) is 12.4. The SMILES string of the molecule is CCN(CC(=O)O)C1CCc2ccc(C)cc21. The Labute approximate surface area is 102 Å². The second kappa shape index (κ2) is 4.88. The lowest BCUT2D eigenvalue weighted by atomic mass is 10.0. The molecule has 0 spiro atoms. The zero-order valence-electron chi connectivity index (χ0n) is 10.4. The van der Waals surface area contributed by atoms with Gasteiger partial charge in [0.25, 0.3) is 0 Å². The molecule has 1 atom stereocenters. The third kappa shape index (κ3) is 2.50. The molecule has 1 aliphatic carbocycles. The molecule has 92 valence electrons. The van der Waals surface area contributed by atoms with Crippen LogP contribution in [0.5, 0.6) is 0 Å². The summed E-state index contributed by atoms with van der Waals surface area (Å²) in [6.45, 7) is 5.03. The molecule has 3 heteroatoms. The first-order valence-corrected chi connectivity index (χ1v) is 6.17. The number of rotatable bonds is 4. The molecule has 0 aliphatic heterocycles. The molecule has 0 bridgehead atoms. The number of nitrogens with zero attached hydrogens (tertiary/aromatic N) is 1. The highest BCUT2D eigenvalue weighted by molar-refractivity contribution is 5.69. The van der Waals surface area contributed by atoms with E-state index in [1.807, 2.05) is 11.8 Å². The number of benzene rings is 1. The molecule has 0 saturated carbocycles. The minimum Gasteiger partial charge on any atom is -0.480 e. The molecule has 17 heavy (non-hydrogen) atoms. The van der Waals surface area contributed by atoms with Gasteiger partial charge in [0.1, 0.15) is 0 Å². The van der Waals surface area contributed by atoms with Gasteiger partial charge in [-0.2, -0.15) is 0 Å². The molecule has 1 aliphatic rings. The van der Waals surface area contributed by atoms with E-state index in [0.29, 0.717) is 0 Å². The summed E-state index contributed by atoms with van der Waals surface area (Å²) in [7, 11) is 0. The van der Waals surface area contributed by atoms with Gasteiger partial charge >= 0.3 is 5.97 Å². The number of carboxylic acids is 1. The summed E-state index contributed by atoms with van der Waals surface area (Å²) in [5.41, 5.74) is 3.96. The molecule has 1 aromatic rings. The molecule has 0 saturated heterocycles. The second-order valence-corrected chi connectivity index (χ2v) is 4.71. The zero-order valence-corrected chi connectivity index (χ0v) is 10.4. The van der Waals surface area contributed by atoms with Crippen LogP contribution in [0.15, 0.2) is 18.2 Å². The number of aryl methyl sites for hydroxylation is 2. The first-order chi connectivity index (χ1) is 8.11. The molecule has 3 nitrogen and oxygen atoms in total. The Morgan fingerprint density at radius 3 is 2.94 bits per heavy atom. The Morgan fingerprint density at radius 2 is 2.29 bits per heavy atom. The van der Waals surface area contributed by atoms with Crippen molar-refractivity contribution in [2.75, 3.05) is 13.1 Å². The van der Waals surface area contributed by atoms with Gasteiger partial charge in [-0.25, -0.2) is 0 Å². The molecule has 0 amide bonds. The largest absolute Gasteiger partial charge is 0.480 e. The van der Waals surface area contributed by atoms with Crippen LogP contribution in [0.25, 0.3) is 0 Å². The Hall–Kier alpha value is -1.35. The van der Waals surface area contributed by atoms with Gasteiger partial charge in [-0.15, -0.1) is 0 Å². The summed E-state index contributed by atoms with van der Waals surface area (Å²) in [6.07, 6.45) is 2.11. The number of hydrogen-bond acceptors (Lipinski definition) is 2. The van der Waals surface area contributed by atoms with Crippen molar-refractivity contribution in [2.45, 2.75) is 32.7 Å². The van der Waals surface area contributed by atoms with E-state index in [1.54, 1.807) is 0 Å². The third-order valence-electron chi connectivity index (χ3n) is 3.53. The van der Waals surface area contributed by atoms with Gasteiger partial charge in [-0.3, -0.25) is 9.69 Å². The molecule has 0 fully saturated rings. The van der Waals surface area contributed by atoms with Crippen molar-refractivity contribution in [1.29, 1.82) is 0 Å². The molecule has 1 unspecified atom stereocenters. The van der Waals surface area contributed by atoms with Crippen LogP contribution in [0.1, 0.15) is 36.1 Å². The van der Waals surface area contributed by atoms with E-state index in [4.69, 9.17) is 5.11 Å². The number of hydrogen-bond donors (Lipinski definition) is 1. The fourth-order valence-electron chi connectivity index (χ4n) is 2.70. The predicted molar refractivity (Wildman–Crippen MR) is 67.1 cm³/mol. The van der Waals surface area contributed by atoms with E-state index in [-0.39, 0.29) is 12.6 Å². The van der Waals surface area contributed by atoms with Crippen LogP contribution in [0.3, 0.4) is 0 Å². The van der Waals surface area contributed by atoms with Gasteiger partial charge in [0.05, 0.1) is 6.54 Å². The predicted octanol–water partition coefficient (Wildman–Crippen LogP) is 2.39. The Balaban J connectivity index is 2.25. The van der Waals surface area contributed by atoms with E-state index in [0.717, 1.165) is 19.4 Å². The third-order valence-corrected chi connectivity index (χ3v) is 3.53. The van der Waals surface area contributed by atoms with E-state index >= 15 is 0 Å². The van der Waals surface area contributed by atoms with Crippen molar-refractivity contribution >= 4 is 5.97 Å². The lowest BCUT2D eigenvalue weighted by Crippen LogP contribution is -2.32. The molecule has 0 heterocycles. The van der Waals surface area contributed by atoms with Gasteiger partial charge in [-0.1, -0.05) is 30.7 Å². The molecule has 0 aromatic heterocycles. The lowest BCUT2D eigenvalue weighted by molar-refractivity contribution is -0.138. The number of aliphatic carboxylic acids is 1. The number of carbonyl (C=O) groups is 1. The standard InChI is InChI=1S/C14H19NO2/c1-3-15(9-14(16)17)13-7-6-11-5-4-10(2)8-12(11)13/h4-5,8,13H,3,6-7,9H2,1-2H3,(H,16,17). The lowest BCUT2D eigenvalue weighted by Gasteiger charge is -2.26. The van der Waals surface area contributed by atoms with Crippen LogP contribution in [-0.2, 0) is 11.2 Å². The number of carboxylic acid groups (broad SMARTS) is 1. The first kappa shape index (κ1) is 12.1. The fraction of sp³-hybridized carbons (Fsp3) is 0.500. The summed E-state index contributed by atoms with van der Waals surface area (Å²) < 4.78 is 0. The first-order valence-electron chi connectivity index (χ1n) is 6.17. The van der Waals surface area contributed by atoms with E-state index in [9.17, 15) is 4.79 Å². The van der Waals surface area contributed by atoms with E-state index in [2.05, 4.69) is 25.1 Å². The summed E-state index contributed by atoms with van der Waals surface area (Å²) in [5, 5.41) is 8.94. The van der Waals surface area contributed by atoms with Crippen molar-refractivity contribution in [3.63, 3.8) is 0 Å². The average molecular weight is 233 g/mol. The smallest absolute Gasteiger partial charge is 0.317 e. The molecular weight excluding hydrogens is 214 g/mol. The maximum Gasteiger partial charge on any atom is 0.317 e. The van der Waals surface area contributed by atoms with E-state index in [1.165, 1.54) is 16.7 Å². The van der Waals surface area contributed by atoms with Crippen LogP contribution in [-0.4, -0.2) is 29.1 Å². The molecule has 1 aromatic carbocycles. The van der Waals surface area contributed by atoms with Gasteiger partial charge in [0.2, 0.25) is 0 Å². The van der Waals surface area contributed by atoms with E-state index < -0.39 is 5.97 Å². The van der Waals surface area contributed by atoms with Crippen LogP contribution < -0.4 is 0 Å². The minimum atomic E-state index is -0.743. The van der Waals surface area contributed by atoms with Gasteiger partial charge in [-0.05, 0) is 37.4 Å². The van der Waals surface area contributed by atoms with Crippen LogP contribution in [0.2, 0.25) is 0 Å². The van der Waals surface area contributed by atoms with Crippen molar-refractivity contribution < 1.29 is 9.90 Å². The fourth-order valence-corrected chi connectivity index (χ4v) is 2.70. The van der Waals surface area contributed by atoms with Gasteiger partial charge < -0.3 is 5.11 Å². The molecule has 1 N–H and O–H groups in total. The van der Waals surface area contributed by atoms with Crippen LogP contribution >= 0.6 is 0 Å². The second-order valence-electron chi connectivity index (χ2n) is 4.71. The quantitative estimate of drug-likeness (QED) is 0.868. The van der Waals surface area contributed by atoms with Gasteiger partial charge in [0, 0.05) is 6.04 Å². The van der Waals surface area contributed by atoms with Crippen molar-refractivity contribution in [2.24, 2.45) is 0 Å². The number of likely N-dealkylation sites (N-methyl/N-ethyl adjacent to an activating group) is 1. The van der Waals surface area contributed by atoms with Crippen LogP contribution in [0.4, 0.5) is 0 Å². The highest BCUT2D eigenvalue weighted by Crippen LogP contribution is 2.35. The normalized spacial score (nSPS) is 18.4. The molecule has 2 rings (SSSR count). The van der Waals surface area contributed by atoms with Gasteiger partial charge in [0.15, 0.2) is 0 Å². The summed E-state index contributed by atoms with van der Waals surface area (Å²) in [5.74, 6) is -0.743. The molecule has 0 radical (unpaired) electrons. The van der Waals surface area contributed by atoms with Crippen molar-refractivity contribution in [3.05, 3.63) is 34.9 Å². The maximum absolute atomic E-state index is 10.9.